The lowest BCUT2D eigenvalue weighted by Gasteiger charge is -2.15. The summed E-state index contributed by atoms with van der Waals surface area (Å²) in [4.78, 5) is 8.51. The predicted octanol–water partition coefficient (Wildman–Crippen LogP) is 2.78. The number of hydrogen-bond donors (Lipinski definition) is 2. The van der Waals surface area contributed by atoms with Gasteiger partial charge in [-0.25, -0.2) is 23.3 Å². The first-order valence-electron chi connectivity index (χ1n) is 8.12. The second-order valence-electron chi connectivity index (χ2n) is 5.53. The van der Waals surface area contributed by atoms with Crippen molar-refractivity contribution in [2.45, 2.75) is 4.90 Å². The van der Waals surface area contributed by atoms with Crippen LogP contribution in [-0.2, 0) is 11.0 Å². The number of nitrogens with zero attached hydrogens (tertiary/aromatic N) is 2. The van der Waals surface area contributed by atoms with Gasteiger partial charge in [0.05, 0.1) is 42.8 Å². The SMILES string of the molecule is CNS(=O)c1cc(Nc2ncnc3cc(OC)cc(OC)c23)c(OC)cc1F. The summed E-state index contributed by atoms with van der Waals surface area (Å²) in [5, 5.41) is 3.70. The largest absolute Gasteiger partial charge is 0.497 e. The van der Waals surface area contributed by atoms with Crippen molar-refractivity contribution < 1.29 is 22.8 Å². The molecular weight excluding hydrogens is 387 g/mol. The highest BCUT2D eigenvalue weighted by atomic mass is 32.2. The second kappa shape index (κ2) is 8.36. The van der Waals surface area contributed by atoms with Gasteiger partial charge in [-0.3, -0.25) is 0 Å². The molecule has 0 amide bonds. The molecule has 0 radical (unpaired) electrons. The number of fused-ring (bicyclic) bond motifs is 1. The minimum atomic E-state index is -1.71. The number of benzene rings is 2. The van der Waals surface area contributed by atoms with Crippen molar-refractivity contribution in [3.8, 4) is 17.2 Å². The van der Waals surface area contributed by atoms with E-state index in [0.717, 1.165) is 6.07 Å². The summed E-state index contributed by atoms with van der Waals surface area (Å²) >= 11 is 0. The molecular formula is C18H19FN4O4S. The minimum Gasteiger partial charge on any atom is -0.497 e. The Kier molecular flexibility index (Phi) is 5.90. The van der Waals surface area contributed by atoms with E-state index in [0.29, 0.717) is 33.9 Å². The molecule has 0 aliphatic carbocycles. The molecule has 3 rings (SSSR count). The molecule has 0 spiro atoms. The van der Waals surface area contributed by atoms with E-state index in [-0.39, 0.29) is 10.6 Å². The normalized spacial score (nSPS) is 11.9. The Bertz CT molecular complexity index is 1050. The molecule has 0 fully saturated rings. The fourth-order valence-electron chi connectivity index (χ4n) is 2.68. The topological polar surface area (TPSA) is 94.6 Å². The summed E-state index contributed by atoms with van der Waals surface area (Å²) in [6.07, 6.45) is 1.38. The minimum absolute atomic E-state index is 0.0159. The van der Waals surface area contributed by atoms with Crippen molar-refractivity contribution in [1.29, 1.82) is 0 Å². The molecule has 1 atom stereocenters. The molecule has 2 N–H and O–H groups in total. The predicted molar refractivity (Wildman–Crippen MR) is 104 cm³/mol. The van der Waals surface area contributed by atoms with Gasteiger partial charge in [0, 0.05) is 18.2 Å². The second-order valence-corrected chi connectivity index (χ2v) is 6.91. The lowest BCUT2D eigenvalue weighted by atomic mass is 10.2. The first-order valence-corrected chi connectivity index (χ1v) is 9.27. The van der Waals surface area contributed by atoms with Crippen LogP contribution in [0.5, 0.6) is 17.2 Å². The monoisotopic (exact) mass is 406 g/mol. The number of nitrogens with one attached hydrogen (secondary N) is 2. The van der Waals surface area contributed by atoms with Crippen LogP contribution in [0.4, 0.5) is 15.9 Å². The quantitative estimate of drug-likeness (QED) is 0.623. The van der Waals surface area contributed by atoms with Crippen LogP contribution < -0.4 is 24.2 Å². The van der Waals surface area contributed by atoms with Gasteiger partial charge in [0.1, 0.15) is 46.2 Å². The van der Waals surface area contributed by atoms with E-state index in [1.54, 1.807) is 19.2 Å². The van der Waals surface area contributed by atoms with Crippen molar-refractivity contribution in [1.82, 2.24) is 14.7 Å². The van der Waals surface area contributed by atoms with Crippen LogP contribution >= 0.6 is 0 Å². The number of hydrogen-bond acceptors (Lipinski definition) is 7. The first kappa shape index (κ1) is 19.8. The Morgan fingerprint density at radius 1 is 1.00 bits per heavy atom. The van der Waals surface area contributed by atoms with E-state index in [1.165, 1.54) is 33.7 Å². The third-order valence-electron chi connectivity index (χ3n) is 4.02. The fourth-order valence-corrected chi connectivity index (χ4v) is 3.37. The van der Waals surface area contributed by atoms with Gasteiger partial charge in [0.25, 0.3) is 0 Å². The maximum atomic E-state index is 14.2. The van der Waals surface area contributed by atoms with E-state index >= 15 is 0 Å². The zero-order valence-corrected chi connectivity index (χ0v) is 16.5. The van der Waals surface area contributed by atoms with Crippen LogP contribution in [0.25, 0.3) is 10.9 Å². The van der Waals surface area contributed by atoms with Gasteiger partial charge in [0.15, 0.2) is 0 Å². The number of halogens is 1. The van der Waals surface area contributed by atoms with Crippen LogP contribution in [0.3, 0.4) is 0 Å². The van der Waals surface area contributed by atoms with Crippen molar-refractivity contribution in [2.75, 3.05) is 33.7 Å². The molecule has 10 heteroatoms. The lowest BCUT2D eigenvalue weighted by Crippen LogP contribution is -2.13. The zero-order valence-electron chi connectivity index (χ0n) is 15.7. The van der Waals surface area contributed by atoms with Crippen molar-refractivity contribution in [3.63, 3.8) is 0 Å². The number of aromatic nitrogens is 2. The third kappa shape index (κ3) is 3.69. The molecule has 0 bridgehead atoms. The summed E-state index contributed by atoms with van der Waals surface area (Å²) in [7, 11) is 4.25. The first-order chi connectivity index (χ1) is 13.5. The zero-order chi connectivity index (χ0) is 20.3. The van der Waals surface area contributed by atoms with Gasteiger partial charge in [-0.2, -0.15) is 0 Å². The molecule has 3 aromatic rings. The molecule has 1 aromatic heterocycles. The van der Waals surface area contributed by atoms with Crippen LogP contribution in [-0.4, -0.2) is 42.6 Å². The standard InChI is InChI=1S/C18H19FN4O4S/c1-20-28(24)16-8-12(14(26-3)7-11(16)19)23-18-17-13(21-9-22-18)5-10(25-2)6-15(17)27-4/h5-9,20H,1-4H3,(H,21,22,23). The van der Waals surface area contributed by atoms with E-state index < -0.39 is 16.8 Å². The van der Waals surface area contributed by atoms with E-state index in [1.807, 2.05) is 0 Å². The van der Waals surface area contributed by atoms with Crippen LogP contribution in [0, 0.1) is 5.82 Å². The summed E-state index contributed by atoms with van der Waals surface area (Å²) < 4.78 is 44.8. The van der Waals surface area contributed by atoms with Crippen molar-refractivity contribution in [2.24, 2.45) is 0 Å². The highest BCUT2D eigenvalue weighted by Gasteiger charge is 2.18. The lowest BCUT2D eigenvalue weighted by molar-refractivity contribution is 0.398. The van der Waals surface area contributed by atoms with Gasteiger partial charge < -0.3 is 19.5 Å². The Labute approximate surface area is 163 Å². The Morgan fingerprint density at radius 2 is 1.75 bits per heavy atom. The molecule has 0 aliphatic heterocycles. The number of anilines is 2. The number of rotatable bonds is 7. The van der Waals surface area contributed by atoms with Crippen LogP contribution in [0.2, 0.25) is 0 Å². The van der Waals surface area contributed by atoms with E-state index in [4.69, 9.17) is 14.2 Å². The summed E-state index contributed by atoms with van der Waals surface area (Å²) in [5.41, 5.74) is 0.981. The Morgan fingerprint density at radius 3 is 2.39 bits per heavy atom. The average molecular weight is 406 g/mol. The molecule has 148 valence electrons. The molecule has 0 saturated carbocycles. The van der Waals surface area contributed by atoms with Gasteiger partial charge in [0.2, 0.25) is 0 Å². The highest BCUT2D eigenvalue weighted by Crippen LogP contribution is 2.37. The van der Waals surface area contributed by atoms with Gasteiger partial charge >= 0.3 is 0 Å². The molecule has 1 unspecified atom stereocenters. The molecule has 2 aromatic carbocycles. The molecule has 28 heavy (non-hydrogen) atoms. The van der Waals surface area contributed by atoms with Crippen molar-refractivity contribution in [3.05, 3.63) is 36.4 Å². The average Bonchev–Trinajstić information content (AvgIpc) is 2.73. The van der Waals surface area contributed by atoms with Crippen molar-refractivity contribution >= 4 is 33.4 Å². The maximum Gasteiger partial charge on any atom is 0.145 e. The summed E-state index contributed by atoms with van der Waals surface area (Å²) in [5.74, 6) is 1.08. The maximum absolute atomic E-state index is 14.2. The number of ether oxygens (including phenoxy) is 3. The highest BCUT2D eigenvalue weighted by molar-refractivity contribution is 7.83. The summed E-state index contributed by atoms with van der Waals surface area (Å²) in [6.45, 7) is 0. The molecule has 0 aliphatic rings. The molecule has 0 saturated heterocycles. The third-order valence-corrected chi connectivity index (χ3v) is 5.11. The summed E-state index contributed by atoms with van der Waals surface area (Å²) in [6, 6.07) is 6.02. The molecule has 8 nitrogen and oxygen atoms in total. The molecule has 1 heterocycles. The van der Waals surface area contributed by atoms with Crippen LogP contribution in [0.15, 0.2) is 35.5 Å². The van der Waals surface area contributed by atoms with Crippen LogP contribution in [0.1, 0.15) is 0 Å². The fraction of sp³-hybridized carbons (Fsp3) is 0.222. The Hall–Kier alpha value is -2.98. The van der Waals surface area contributed by atoms with E-state index in [2.05, 4.69) is 20.0 Å². The van der Waals surface area contributed by atoms with Gasteiger partial charge in [-0.1, -0.05) is 0 Å². The van der Waals surface area contributed by atoms with E-state index in [9.17, 15) is 8.60 Å². The smallest absolute Gasteiger partial charge is 0.145 e. The van der Waals surface area contributed by atoms with Gasteiger partial charge in [-0.15, -0.1) is 0 Å². The van der Waals surface area contributed by atoms with Gasteiger partial charge in [-0.05, 0) is 13.1 Å². The number of methoxy groups -OCH3 is 3. The Balaban J connectivity index is 2.16.